The van der Waals surface area contributed by atoms with Crippen molar-refractivity contribution in [2.75, 3.05) is 38.2 Å². The predicted molar refractivity (Wildman–Crippen MR) is 108 cm³/mol. The first-order valence-electron chi connectivity index (χ1n) is 9.28. The summed E-state index contributed by atoms with van der Waals surface area (Å²) in [7, 11) is 1.69. The van der Waals surface area contributed by atoms with E-state index in [9.17, 15) is 4.79 Å². The highest BCUT2D eigenvalue weighted by Crippen LogP contribution is 2.25. The van der Waals surface area contributed by atoms with E-state index in [-0.39, 0.29) is 11.6 Å². The Bertz CT molecular complexity index is 993. The quantitative estimate of drug-likeness (QED) is 0.771. The third-order valence-corrected chi connectivity index (χ3v) is 5.31. The first-order valence-corrected chi connectivity index (χ1v) is 9.28. The van der Waals surface area contributed by atoms with Gasteiger partial charge in [-0.1, -0.05) is 18.2 Å². The van der Waals surface area contributed by atoms with Gasteiger partial charge in [0.15, 0.2) is 0 Å². The fourth-order valence-corrected chi connectivity index (χ4v) is 3.65. The molecule has 1 fully saturated rings. The number of aromatic amines is 1. The zero-order valence-electron chi connectivity index (χ0n) is 15.7. The molecule has 27 heavy (non-hydrogen) atoms. The highest BCUT2D eigenvalue weighted by Gasteiger charge is 2.24. The van der Waals surface area contributed by atoms with Gasteiger partial charge in [-0.25, -0.2) is 4.98 Å². The van der Waals surface area contributed by atoms with Crippen LogP contribution in [0.2, 0.25) is 0 Å². The Labute approximate surface area is 158 Å². The fourth-order valence-electron chi connectivity index (χ4n) is 3.65. The summed E-state index contributed by atoms with van der Waals surface area (Å²) in [6, 6.07) is 15.7. The van der Waals surface area contributed by atoms with Crippen LogP contribution in [0.3, 0.4) is 0 Å². The lowest BCUT2D eigenvalue weighted by atomic mass is 10.1. The standard InChI is InChI=1S/C21H24N4O2/c1-15(20-22-19-9-4-3-8-18(19)21(26)23-20)24-10-12-25(13-11-24)16-6-5-7-17(14-16)27-2/h3-9,14-15H,10-13H2,1-2H3,(H,22,23,26)/t15-/m0/s1. The number of anilines is 1. The Morgan fingerprint density at radius 3 is 2.63 bits per heavy atom. The number of nitrogens with zero attached hydrogens (tertiary/aromatic N) is 3. The van der Waals surface area contributed by atoms with E-state index in [1.54, 1.807) is 7.11 Å². The van der Waals surface area contributed by atoms with Crippen molar-refractivity contribution in [1.82, 2.24) is 14.9 Å². The molecule has 6 heteroatoms. The van der Waals surface area contributed by atoms with Crippen molar-refractivity contribution in [2.45, 2.75) is 13.0 Å². The van der Waals surface area contributed by atoms with E-state index in [0.29, 0.717) is 5.39 Å². The van der Waals surface area contributed by atoms with Crippen molar-refractivity contribution >= 4 is 16.6 Å². The summed E-state index contributed by atoms with van der Waals surface area (Å²) in [6.45, 7) is 5.78. The maximum atomic E-state index is 12.4. The Morgan fingerprint density at radius 2 is 1.85 bits per heavy atom. The number of para-hydroxylation sites is 1. The minimum absolute atomic E-state index is 0.0646. The van der Waals surface area contributed by atoms with Crippen LogP contribution < -0.4 is 15.2 Å². The molecule has 2 aromatic carbocycles. The van der Waals surface area contributed by atoms with Crippen molar-refractivity contribution in [3.05, 3.63) is 64.7 Å². The molecule has 140 valence electrons. The molecular weight excluding hydrogens is 340 g/mol. The van der Waals surface area contributed by atoms with Crippen molar-refractivity contribution in [1.29, 1.82) is 0 Å². The fraction of sp³-hybridized carbons (Fsp3) is 0.333. The molecule has 1 saturated heterocycles. The highest BCUT2D eigenvalue weighted by atomic mass is 16.5. The molecule has 0 saturated carbocycles. The molecule has 0 unspecified atom stereocenters. The van der Waals surface area contributed by atoms with Gasteiger partial charge < -0.3 is 14.6 Å². The normalized spacial score (nSPS) is 16.4. The molecule has 6 nitrogen and oxygen atoms in total. The largest absolute Gasteiger partial charge is 0.497 e. The lowest BCUT2D eigenvalue weighted by Gasteiger charge is -2.38. The van der Waals surface area contributed by atoms with E-state index in [1.807, 2.05) is 36.4 Å². The van der Waals surface area contributed by atoms with Crippen molar-refractivity contribution < 1.29 is 4.74 Å². The van der Waals surface area contributed by atoms with Crippen LogP contribution in [-0.4, -0.2) is 48.2 Å². The van der Waals surface area contributed by atoms with E-state index in [4.69, 9.17) is 4.74 Å². The van der Waals surface area contributed by atoms with Gasteiger partial charge in [0.05, 0.1) is 24.1 Å². The number of hydrogen-bond acceptors (Lipinski definition) is 5. The Hall–Kier alpha value is -2.86. The van der Waals surface area contributed by atoms with Crippen molar-refractivity contribution in [2.24, 2.45) is 0 Å². The monoisotopic (exact) mass is 364 g/mol. The van der Waals surface area contributed by atoms with Crippen LogP contribution in [0.4, 0.5) is 5.69 Å². The van der Waals surface area contributed by atoms with Gasteiger partial charge in [0, 0.05) is 37.9 Å². The number of ether oxygens (including phenoxy) is 1. The molecule has 0 spiro atoms. The van der Waals surface area contributed by atoms with Gasteiger partial charge >= 0.3 is 0 Å². The van der Waals surface area contributed by atoms with Crippen molar-refractivity contribution in [3.63, 3.8) is 0 Å². The van der Waals surface area contributed by atoms with Crippen LogP contribution >= 0.6 is 0 Å². The van der Waals surface area contributed by atoms with E-state index < -0.39 is 0 Å². The average molecular weight is 364 g/mol. The van der Waals surface area contributed by atoms with Gasteiger partial charge in [-0.15, -0.1) is 0 Å². The third-order valence-electron chi connectivity index (χ3n) is 5.31. The number of rotatable bonds is 4. The summed E-state index contributed by atoms with van der Waals surface area (Å²) >= 11 is 0. The summed E-state index contributed by atoms with van der Waals surface area (Å²) in [5, 5.41) is 0.635. The summed E-state index contributed by atoms with van der Waals surface area (Å²) in [5.41, 5.74) is 1.86. The molecule has 2 heterocycles. The number of H-pyrrole nitrogens is 1. The maximum Gasteiger partial charge on any atom is 0.258 e. The van der Waals surface area contributed by atoms with Crippen LogP contribution in [0.5, 0.6) is 5.75 Å². The molecule has 3 aromatic rings. The molecule has 1 atom stereocenters. The van der Waals surface area contributed by atoms with Crippen LogP contribution in [0.1, 0.15) is 18.8 Å². The number of nitrogens with one attached hydrogen (secondary N) is 1. The molecule has 4 rings (SSSR count). The maximum absolute atomic E-state index is 12.4. The average Bonchev–Trinajstić information content (AvgIpc) is 2.73. The number of aromatic nitrogens is 2. The summed E-state index contributed by atoms with van der Waals surface area (Å²) in [6.07, 6.45) is 0. The lowest BCUT2D eigenvalue weighted by molar-refractivity contribution is 0.191. The second-order valence-electron chi connectivity index (χ2n) is 6.87. The molecular formula is C21H24N4O2. The zero-order valence-corrected chi connectivity index (χ0v) is 15.7. The minimum Gasteiger partial charge on any atom is -0.497 e. The van der Waals surface area contributed by atoms with Gasteiger partial charge in [0.25, 0.3) is 5.56 Å². The number of piperazine rings is 1. The van der Waals surface area contributed by atoms with E-state index in [0.717, 1.165) is 43.3 Å². The number of benzene rings is 2. The second-order valence-corrected chi connectivity index (χ2v) is 6.87. The Kier molecular flexibility index (Phi) is 4.81. The first-order chi connectivity index (χ1) is 13.2. The van der Waals surface area contributed by atoms with Gasteiger partial charge in [-0.2, -0.15) is 0 Å². The molecule has 1 aliphatic heterocycles. The van der Waals surface area contributed by atoms with Gasteiger partial charge in [-0.3, -0.25) is 9.69 Å². The van der Waals surface area contributed by atoms with Crippen LogP contribution in [0.15, 0.2) is 53.3 Å². The Balaban J connectivity index is 1.48. The molecule has 1 aromatic heterocycles. The smallest absolute Gasteiger partial charge is 0.258 e. The number of fused-ring (bicyclic) bond motifs is 1. The van der Waals surface area contributed by atoms with E-state index >= 15 is 0 Å². The summed E-state index contributed by atoms with van der Waals surface area (Å²) < 4.78 is 5.33. The van der Waals surface area contributed by atoms with Crippen LogP contribution in [0, 0.1) is 0 Å². The molecule has 0 bridgehead atoms. The van der Waals surface area contributed by atoms with E-state index in [2.05, 4.69) is 38.8 Å². The summed E-state index contributed by atoms with van der Waals surface area (Å²) in [4.78, 5) is 24.7. The zero-order chi connectivity index (χ0) is 18.8. The van der Waals surface area contributed by atoms with Crippen LogP contribution in [-0.2, 0) is 0 Å². The topological polar surface area (TPSA) is 61.5 Å². The van der Waals surface area contributed by atoms with Gasteiger partial charge in [0.2, 0.25) is 0 Å². The summed E-state index contributed by atoms with van der Waals surface area (Å²) in [5.74, 6) is 1.61. The molecule has 1 aliphatic rings. The van der Waals surface area contributed by atoms with Gasteiger partial charge in [-0.05, 0) is 31.2 Å². The lowest BCUT2D eigenvalue weighted by Crippen LogP contribution is -2.47. The molecule has 1 N–H and O–H groups in total. The SMILES string of the molecule is COc1cccc(N2CCN([C@@H](C)c3nc4ccccc4c(=O)[nH]3)CC2)c1. The predicted octanol–water partition coefficient (Wildman–Crippen LogP) is 2.81. The van der Waals surface area contributed by atoms with E-state index in [1.165, 1.54) is 5.69 Å². The second kappa shape index (κ2) is 7.40. The molecule has 0 radical (unpaired) electrons. The first kappa shape index (κ1) is 17.5. The Morgan fingerprint density at radius 1 is 1.07 bits per heavy atom. The number of methoxy groups -OCH3 is 1. The van der Waals surface area contributed by atoms with Crippen LogP contribution in [0.25, 0.3) is 10.9 Å². The number of hydrogen-bond donors (Lipinski definition) is 1. The van der Waals surface area contributed by atoms with Crippen molar-refractivity contribution in [3.8, 4) is 5.75 Å². The molecule has 0 aliphatic carbocycles. The van der Waals surface area contributed by atoms with Gasteiger partial charge in [0.1, 0.15) is 11.6 Å². The highest BCUT2D eigenvalue weighted by molar-refractivity contribution is 5.77. The molecule has 0 amide bonds. The minimum atomic E-state index is -0.0718. The third kappa shape index (κ3) is 3.53.